The molecule has 0 radical (unpaired) electrons. The van der Waals surface area contributed by atoms with Crippen LogP contribution < -0.4 is 4.90 Å². The van der Waals surface area contributed by atoms with Crippen LogP contribution in [0.4, 0.5) is 5.69 Å². The van der Waals surface area contributed by atoms with Crippen LogP contribution in [0.5, 0.6) is 0 Å². The van der Waals surface area contributed by atoms with Crippen molar-refractivity contribution in [3.8, 4) is 0 Å². The highest BCUT2D eigenvalue weighted by Gasteiger charge is 2.61. The second-order valence-electron chi connectivity index (χ2n) is 6.15. The summed E-state index contributed by atoms with van der Waals surface area (Å²) >= 11 is 11.5. The van der Waals surface area contributed by atoms with E-state index in [1.807, 2.05) is 23.1 Å². The number of nitrogens with zero attached hydrogens (tertiary/aromatic N) is 1. The van der Waals surface area contributed by atoms with E-state index >= 15 is 0 Å². The molecule has 1 amide bonds. The summed E-state index contributed by atoms with van der Waals surface area (Å²) in [7, 11) is 0. The fourth-order valence-corrected chi connectivity index (χ4v) is 3.60. The Morgan fingerprint density at radius 3 is 2.75 bits per heavy atom. The van der Waals surface area contributed by atoms with Crippen LogP contribution in [0.2, 0.25) is 0 Å². The number of para-hydroxylation sites is 1. The first-order valence-electron chi connectivity index (χ1n) is 6.85. The number of benzene rings is 1. The molecule has 1 aliphatic heterocycles. The molecule has 4 heteroatoms. The molecule has 1 heterocycles. The van der Waals surface area contributed by atoms with Crippen molar-refractivity contribution in [3.63, 3.8) is 0 Å². The van der Waals surface area contributed by atoms with Gasteiger partial charge < -0.3 is 4.90 Å². The number of allylic oxidation sites excluding steroid dienone is 1. The van der Waals surface area contributed by atoms with Gasteiger partial charge in [-0.2, -0.15) is 0 Å². The third-order valence-corrected chi connectivity index (χ3v) is 4.89. The van der Waals surface area contributed by atoms with Crippen LogP contribution in [0.25, 0.3) is 0 Å². The van der Waals surface area contributed by atoms with Gasteiger partial charge in [0.05, 0.1) is 5.92 Å². The minimum absolute atomic E-state index is 0.0267. The van der Waals surface area contributed by atoms with Crippen molar-refractivity contribution in [1.29, 1.82) is 0 Å². The van der Waals surface area contributed by atoms with Crippen molar-refractivity contribution >= 4 is 34.8 Å². The molecule has 1 fully saturated rings. The lowest BCUT2D eigenvalue weighted by atomic mass is 10.1. The Labute approximate surface area is 129 Å². The van der Waals surface area contributed by atoms with E-state index in [0.29, 0.717) is 0 Å². The first-order valence-corrected chi connectivity index (χ1v) is 7.60. The molecule has 1 aromatic carbocycles. The van der Waals surface area contributed by atoms with Crippen molar-refractivity contribution < 1.29 is 4.79 Å². The van der Waals surface area contributed by atoms with Crippen molar-refractivity contribution in [2.45, 2.75) is 20.3 Å². The van der Waals surface area contributed by atoms with E-state index in [0.717, 1.165) is 18.7 Å². The number of halogens is 2. The van der Waals surface area contributed by atoms with Gasteiger partial charge in [0, 0.05) is 12.2 Å². The summed E-state index contributed by atoms with van der Waals surface area (Å²) in [4.78, 5) is 14.7. The number of anilines is 1. The predicted molar refractivity (Wildman–Crippen MR) is 83.0 cm³/mol. The maximum atomic E-state index is 12.8. The Hall–Kier alpha value is -0.990. The molecule has 0 saturated heterocycles. The molecule has 0 N–H and O–H groups in total. The van der Waals surface area contributed by atoms with Crippen LogP contribution in [-0.4, -0.2) is 12.5 Å². The van der Waals surface area contributed by atoms with E-state index in [4.69, 9.17) is 23.2 Å². The van der Waals surface area contributed by atoms with Crippen LogP contribution in [0.3, 0.4) is 0 Å². The fourth-order valence-electron chi connectivity index (χ4n) is 3.33. The summed E-state index contributed by atoms with van der Waals surface area (Å²) in [6.07, 6.45) is 2.74. The van der Waals surface area contributed by atoms with Crippen LogP contribution in [0.1, 0.15) is 19.4 Å². The SMILES string of the molecule is CC1(C)[C@H](C=C(Cl)Cl)[C@H]1C(=O)N1CCc2ccccc21. The molecule has 2 atom stereocenters. The smallest absolute Gasteiger partial charge is 0.231 e. The normalized spacial score (nSPS) is 26.1. The number of amides is 1. The van der Waals surface area contributed by atoms with Gasteiger partial charge in [0.2, 0.25) is 5.91 Å². The van der Waals surface area contributed by atoms with E-state index in [1.165, 1.54) is 5.56 Å². The monoisotopic (exact) mass is 309 g/mol. The van der Waals surface area contributed by atoms with Gasteiger partial charge in [0.25, 0.3) is 0 Å². The summed E-state index contributed by atoms with van der Waals surface area (Å²) in [6, 6.07) is 8.12. The molecular formula is C16H17Cl2NO. The first-order chi connectivity index (χ1) is 9.43. The molecule has 106 valence electrons. The molecule has 2 aliphatic rings. The number of hydrogen-bond acceptors (Lipinski definition) is 1. The van der Waals surface area contributed by atoms with E-state index in [9.17, 15) is 4.79 Å². The number of carbonyl (C=O) groups is 1. The van der Waals surface area contributed by atoms with Gasteiger partial charge in [-0.25, -0.2) is 0 Å². The highest BCUT2D eigenvalue weighted by atomic mass is 35.5. The van der Waals surface area contributed by atoms with Gasteiger partial charge >= 0.3 is 0 Å². The average Bonchev–Trinajstić information content (AvgIpc) is 2.75. The van der Waals surface area contributed by atoms with Gasteiger partial charge in [-0.05, 0) is 35.5 Å². The minimum atomic E-state index is -0.0658. The lowest BCUT2D eigenvalue weighted by Gasteiger charge is -2.18. The molecule has 3 rings (SSSR count). The summed E-state index contributed by atoms with van der Waals surface area (Å²) < 4.78 is 0.250. The third kappa shape index (κ3) is 2.15. The zero-order valence-electron chi connectivity index (χ0n) is 11.6. The fraction of sp³-hybridized carbons (Fsp3) is 0.438. The van der Waals surface area contributed by atoms with Gasteiger partial charge in [-0.15, -0.1) is 0 Å². The van der Waals surface area contributed by atoms with Gasteiger partial charge in [-0.3, -0.25) is 4.79 Å². The zero-order chi connectivity index (χ0) is 14.5. The molecule has 1 saturated carbocycles. The standard InChI is InChI=1S/C16H17Cl2NO/c1-16(2)11(9-13(17)18)14(16)15(20)19-8-7-10-5-3-4-6-12(10)19/h3-6,9,11,14H,7-8H2,1-2H3/t11-,14+/m1/s1. The van der Waals surface area contributed by atoms with E-state index in [-0.39, 0.29) is 27.6 Å². The third-order valence-electron chi connectivity index (χ3n) is 4.64. The quantitative estimate of drug-likeness (QED) is 0.803. The van der Waals surface area contributed by atoms with Crippen LogP contribution in [0, 0.1) is 17.3 Å². The van der Waals surface area contributed by atoms with Gasteiger partial charge in [0.15, 0.2) is 0 Å². The number of hydrogen-bond donors (Lipinski definition) is 0. The van der Waals surface area contributed by atoms with Crippen molar-refractivity contribution in [2.24, 2.45) is 17.3 Å². The summed E-state index contributed by atoms with van der Waals surface area (Å²) in [5.74, 6) is 0.296. The zero-order valence-corrected chi connectivity index (χ0v) is 13.1. The van der Waals surface area contributed by atoms with Crippen molar-refractivity contribution in [1.82, 2.24) is 0 Å². The Bertz CT molecular complexity index is 590. The second kappa shape index (κ2) is 4.78. The Balaban J connectivity index is 1.84. The number of carbonyl (C=O) groups excluding carboxylic acids is 1. The molecule has 1 aliphatic carbocycles. The minimum Gasteiger partial charge on any atom is -0.312 e. The maximum Gasteiger partial charge on any atom is 0.231 e. The van der Waals surface area contributed by atoms with Crippen molar-refractivity contribution in [2.75, 3.05) is 11.4 Å². The molecule has 20 heavy (non-hydrogen) atoms. The first kappa shape index (κ1) is 14.0. The molecule has 1 aromatic rings. The second-order valence-corrected chi connectivity index (χ2v) is 7.16. The highest BCUT2D eigenvalue weighted by Crippen LogP contribution is 2.60. The highest BCUT2D eigenvalue weighted by molar-refractivity contribution is 6.55. The summed E-state index contributed by atoms with van der Waals surface area (Å²) in [6.45, 7) is 4.96. The van der Waals surface area contributed by atoms with Crippen LogP contribution in [-0.2, 0) is 11.2 Å². The van der Waals surface area contributed by atoms with E-state index in [2.05, 4.69) is 19.9 Å². The van der Waals surface area contributed by atoms with E-state index in [1.54, 1.807) is 6.08 Å². The van der Waals surface area contributed by atoms with Crippen LogP contribution in [0.15, 0.2) is 34.8 Å². The molecule has 0 bridgehead atoms. The lowest BCUT2D eigenvalue weighted by molar-refractivity contribution is -0.120. The van der Waals surface area contributed by atoms with E-state index < -0.39 is 0 Å². The average molecular weight is 310 g/mol. The molecular weight excluding hydrogens is 293 g/mol. The topological polar surface area (TPSA) is 20.3 Å². The molecule has 0 spiro atoms. The number of rotatable bonds is 2. The predicted octanol–water partition coefficient (Wildman–Crippen LogP) is 4.17. The molecule has 2 nitrogen and oxygen atoms in total. The molecule has 0 aromatic heterocycles. The lowest BCUT2D eigenvalue weighted by Crippen LogP contribution is -2.31. The Kier molecular flexibility index (Phi) is 3.34. The van der Waals surface area contributed by atoms with Crippen LogP contribution >= 0.6 is 23.2 Å². The maximum absolute atomic E-state index is 12.8. The largest absolute Gasteiger partial charge is 0.312 e. The Morgan fingerprint density at radius 1 is 1.35 bits per heavy atom. The van der Waals surface area contributed by atoms with Gasteiger partial charge in [0.1, 0.15) is 4.49 Å². The summed E-state index contributed by atoms with van der Waals surface area (Å²) in [5, 5.41) is 0. The Morgan fingerprint density at radius 2 is 2.05 bits per heavy atom. The van der Waals surface area contributed by atoms with Gasteiger partial charge in [-0.1, -0.05) is 55.2 Å². The summed E-state index contributed by atoms with van der Waals surface area (Å²) in [5.41, 5.74) is 2.24. The van der Waals surface area contributed by atoms with Crippen molar-refractivity contribution in [3.05, 3.63) is 40.4 Å². The molecule has 0 unspecified atom stereocenters. The number of fused-ring (bicyclic) bond motifs is 1.